The smallest absolute Gasteiger partial charge is 0.232 e. The number of fused-ring (bicyclic) bond motifs is 1. The minimum atomic E-state index is -0.274. The molecule has 0 aromatic heterocycles. The summed E-state index contributed by atoms with van der Waals surface area (Å²) >= 11 is 0. The van der Waals surface area contributed by atoms with Crippen molar-refractivity contribution in [3.8, 4) is 0 Å². The summed E-state index contributed by atoms with van der Waals surface area (Å²) in [5.41, 5.74) is 6.60. The molecule has 0 spiro atoms. The molecule has 1 unspecified atom stereocenters. The molecule has 0 N–H and O–H groups in total. The average Bonchev–Trinajstić information content (AvgIpc) is 3.01. The molecule has 0 radical (unpaired) electrons. The fraction of sp³-hybridized carbons (Fsp3) is 0.391. The molecular weight excluding hydrogens is 336 g/mol. The first-order valence-electron chi connectivity index (χ1n) is 9.73. The van der Waals surface area contributed by atoms with Crippen LogP contribution in [0.2, 0.25) is 0 Å². The minimum absolute atomic E-state index is 0.0497. The van der Waals surface area contributed by atoms with Crippen molar-refractivity contribution in [2.75, 3.05) is 22.9 Å². The molecule has 27 heavy (non-hydrogen) atoms. The van der Waals surface area contributed by atoms with Crippen molar-refractivity contribution in [3.05, 3.63) is 58.7 Å². The minimum Gasteiger partial charge on any atom is -0.312 e. The van der Waals surface area contributed by atoms with Gasteiger partial charge in [0.2, 0.25) is 11.8 Å². The van der Waals surface area contributed by atoms with Gasteiger partial charge in [-0.05, 0) is 56.4 Å². The maximum absolute atomic E-state index is 13.3. The molecule has 1 fully saturated rings. The molecule has 2 aliphatic rings. The van der Waals surface area contributed by atoms with Crippen LogP contribution < -0.4 is 9.80 Å². The number of para-hydroxylation sites is 1. The molecule has 4 heteroatoms. The Bertz CT molecular complexity index is 895. The van der Waals surface area contributed by atoms with E-state index in [9.17, 15) is 9.59 Å². The van der Waals surface area contributed by atoms with Crippen molar-refractivity contribution in [1.29, 1.82) is 0 Å². The summed E-state index contributed by atoms with van der Waals surface area (Å²) in [6, 6.07) is 12.3. The molecule has 1 saturated heterocycles. The lowest BCUT2D eigenvalue weighted by Gasteiger charge is -2.31. The van der Waals surface area contributed by atoms with Gasteiger partial charge in [0.05, 0.1) is 5.92 Å². The molecule has 2 heterocycles. The standard InChI is InChI=1S/C23H26N2O2/c1-15-11-16(2)22(17(3)12-15)25-14-19(13-21(25)26)23(27)24-10-6-8-18-7-4-5-9-20(18)24/h4-5,7,9,11-12,19H,6,8,10,13-14H2,1-3H3. The molecular formula is C23H26N2O2. The SMILES string of the molecule is Cc1cc(C)c(N2CC(C(=O)N3CCCc4ccccc43)CC2=O)c(C)c1. The second-order valence-corrected chi connectivity index (χ2v) is 7.87. The van der Waals surface area contributed by atoms with E-state index in [0.717, 1.165) is 41.9 Å². The number of rotatable bonds is 2. The fourth-order valence-corrected chi connectivity index (χ4v) is 4.67. The fourth-order valence-electron chi connectivity index (χ4n) is 4.67. The first kappa shape index (κ1) is 17.8. The number of hydrogen-bond donors (Lipinski definition) is 0. The quantitative estimate of drug-likeness (QED) is 0.812. The first-order chi connectivity index (χ1) is 13.0. The third-order valence-corrected chi connectivity index (χ3v) is 5.76. The van der Waals surface area contributed by atoms with Crippen molar-refractivity contribution in [1.82, 2.24) is 0 Å². The third-order valence-electron chi connectivity index (χ3n) is 5.76. The topological polar surface area (TPSA) is 40.6 Å². The Labute approximate surface area is 160 Å². The predicted molar refractivity (Wildman–Crippen MR) is 108 cm³/mol. The number of carbonyl (C=O) groups is 2. The highest BCUT2D eigenvalue weighted by Crippen LogP contribution is 2.34. The van der Waals surface area contributed by atoms with E-state index in [1.807, 2.05) is 41.8 Å². The largest absolute Gasteiger partial charge is 0.312 e. The number of aryl methyl sites for hydroxylation is 4. The predicted octanol–water partition coefficient (Wildman–Crippen LogP) is 3.94. The van der Waals surface area contributed by atoms with Gasteiger partial charge < -0.3 is 9.80 Å². The molecule has 2 aromatic carbocycles. The lowest BCUT2D eigenvalue weighted by molar-refractivity contribution is -0.124. The van der Waals surface area contributed by atoms with Crippen molar-refractivity contribution >= 4 is 23.2 Å². The zero-order chi connectivity index (χ0) is 19.1. The van der Waals surface area contributed by atoms with Gasteiger partial charge in [-0.1, -0.05) is 35.9 Å². The number of carbonyl (C=O) groups excluding carboxylic acids is 2. The Morgan fingerprint density at radius 3 is 2.52 bits per heavy atom. The van der Waals surface area contributed by atoms with E-state index in [4.69, 9.17) is 0 Å². The van der Waals surface area contributed by atoms with Crippen LogP contribution in [-0.2, 0) is 16.0 Å². The zero-order valence-corrected chi connectivity index (χ0v) is 16.3. The van der Waals surface area contributed by atoms with Gasteiger partial charge in [0.25, 0.3) is 0 Å². The van der Waals surface area contributed by atoms with E-state index in [1.54, 1.807) is 0 Å². The number of benzene rings is 2. The maximum Gasteiger partial charge on any atom is 0.232 e. The highest BCUT2D eigenvalue weighted by molar-refractivity contribution is 6.05. The van der Waals surface area contributed by atoms with Crippen LogP contribution in [0.4, 0.5) is 11.4 Å². The van der Waals surface area contributed by atoms with Crippen LogP contribution >= 0.6 is 0 Å². The summed E-state index contributed by atoms with van der Waals surface area (Å²) in [5.74, 6) is -0.141. The maximum atomic E-state index is 13.3. The summed E-state index contributed by atoms with van der Waals surface area (Å²) in [5, 5.41) is 0. The van der Waals surface area contributed by atoms with Gasteiger partial charge in [-0.25, -0.2) is 0 Å². The monoisotopic (exact) mass is 362 g/mol. The van der Waals surface area contributed by atoms with Gasteiger partial charge in [-0.3, -0.25) is 9.59 Å². The van der Waals surface area contributed by atoms with Crippen LogP contribution in [0.3, 0.4) is 0 Å². The third kappa shape index (κ3) is 3.14. The highest BCUT2D eigenvalue weighted by Gasteiger charge is 2.39. The molecule has 1 atom stereocenters. The van der Waals surface area contributed by atoms with Gasteiger partial charge in [0.15, 0.2) is 0 Å². The normalized spacial score (nSPS) is 19.4. The Morgan fingerprint density at radius 2 is 1.78 bits per heavy atom. The van der Waals surface area contributed by atoms with E-state index >= 15 is 0 Å². The van der Waals surface area contributed by atoms with Crippen LogP contribution in [0.5, 0.6) is 0 Å². The van der Waals surface area contributed by atoms with Gasteiger partial charge in [-0.2, -0.15) is 0 Å². The van der Waals surface area contributed by atoms with Crippen LogP contribution in [-0.4, -0.2) is 24.9 Å². The van der Waals surface area contributed by atoms with Crippen LogP contribution in [0.1, 0.15) is 35.1 Å². The molecule has 0 aliphatic carbocycles. The summed E-state index contributed by atoms with van der Waals surface area (Å²) in [4.78, 5) is 29.7. The molecule has 4 nitrogen and oxygen atoms in total. The molecule has 4 rings (SSSR count). The molecule has 2 aromatic rings. The summed E-state index contributed by atoms with van der Waals surface area (Å²) in [6.45, 7) is 7.36. The summed E-state index contributed by atoms with van der Waals surface area (Å²) in [7, 11) is 0. The number of amides is 2. The Kier molecular flexibility index (Phi) is 4.50. The van der Waals surface area contributed by atoms with E-state index in [2.05, 4.69) is 25.1 Å². The van der Waals surface area contributed by atoms with Crippen molar-refractivity contribution in [3.63, 3.8) is 0 Å². The van der Waals surface area contributed by atoms with E-state index in [0.29, 0.717) is 13.0 Å². The molecule has 140 valence electrons. The highest BCUT2D eigenvalue weighted by atomic mass is 16.2. The summed E-state index contributed by atoms with van der Waals surface area (Å²) in [6.07, 6.45) is 2.28. The second kappa shape index (κ2) is 6.84. The van der Waals surface area contributed by atoms with Gasteiger partial charge >= 0.3 is 0 Å². The second-order valence-electron chi connectivity index (χ2n) is 7.87. The molecule has 0 saturated carbocycles. The lowest BCUT2D eigenvalue weighted by atomic mass is 9.99. The average molecular weight is 362 g/mol. The number of anilines is 2. The Hall–Kier alpha value is -2.62. The van der Waals surface area contributed by atoms with E-state index in [1.165, 1.54) is 11.1 Å². The van der Waals surface area contributed by atoms with E-state index in [-0.39, 0.29) is 17.7 Å². The summed E-state index contributed by atoms with van der Waals surface area (Å²) < 4.78 is 0. The molecule has 0 bridgehead atoms. The molecule has 2 aliphatic heterocycles. The zero-order valence-electron chi connectivity index (χ0n) is 16.3. The van der Waals surface area contributed by atoms with Crippen molar-refractivity contribution in [2.24, 2.45) is 5.92 Å². The van der Waals surface area contributed by atoms with Crippen LogP contribution in [0.15, 0.2) is 36.4 Å². The van der Waals surface area contributed by atoms with Gasteiger partial charge in [0, 0.05) is 30.9 Å². The molecule has 2 amide bonds. The Balaban J connectivity index is 1.59. The van der Waals surface area contributed by atoms with Gasteiger partial charge in [0.1, 0.15) is 0 Å². The van der Waals surface area contributed by atoms with Crippen LogP contribution in [0.25, 0.3) is 0 Å². The van der Waals surface area contributed by atoms with Gasteiger partial charge in [-0.15, -0.1) is 0 Å². The van der Waals surface area contributed by atoms with E-state index < -0.39 is 0 Å². The number of hydrogen-bond acceptors (Lipinski definition) is 2. The van der Waals surface area contributed by atoms with Crippen LogP contribution in [0, 0.1) is 26.7 Å². The lowest BCUT2D eigenvalue weighted by Crippen LogP contribution is -2.40. The first-order valence-corrected chi connectivity index (χ1v) is 9.73. The van der Waals surface area contributed by atoms with Crippen molar-refractivity contribution < 1.29 is 9.59 Å². The number of nitrogens with zero attached hydrogens (tertiary/aromatic N) is 2. The van der Waals surface area contributed by atoms with Crippen molar-refractivity contribution in [2.45, 2.75) is 40.0 Å². The Morgan fingerprint density at radius 1 is 1.07 bits per heavy atom.